The van der Waals surface area contributed by atoms with E-state index in [0.29, 0.717) is 41.5 Å². The topological polar surface area (TPSA) is 119 Å². The van der Waals surface area contributed by atoms with Crippen LogP contribution >= 0.6 is 0 Å². The van der Waals surface area contributed by atoms with Gasteiger partial charge in [-0.15, -0.1) is 0 Å². The Bertz CT molecular complexity index is 1520. The fraction of sp³-hybridized carbons (Fsp3) is 0.231. The molecule has 1 N–H and O–H groups in total. The number of imidazole rings is 1. The molecule has 2 aromatic heterocycles. The van der Waals surface area contributed by atoms with Crippen molar-refractivity contribution in [2.45, 2.75) is 19.4 Å². The highest BCUT2D eigenvalue weighted by Gasteiger charge is 2.23. The molecule has 4 rings (SSSR count). The molecule has 0 spiro atoms. The molecule has 0 radical (unpaired) electrons. The van der Waals surface area contributed by atoms with Gasteiger partial charge in [-0.2, -0.15) is 12.7 Å². The molecule has 192 valence electrons. The van der Waals surface area contributed by atoms with Gasteiger partial charge in [-0.25, -0.2) is 13.9 Å². The average molecular weight is 521 g/mol. The van der Waals surface area contributed by atoms with E-state index in [2.05, 4.69) is 15.3 Å². The number of fused-ring (bicyclic) bond motifs is 1. The molecule has 0 bridgehead atoms. The number of para-hydroxylation sites is 1. The van der Waals surface area contributed by atoms with Crippen LogP contribution in [0.5, 0.6) is 0 Å². The van der Waals surface area contributed by atoms with Gasteiger partial charge in [0.2, 0.25) is 0 Å². The minimum atomic E-state index is -3.81. The molecule has 0 saturated carbocycles. The monoisotopic (exact) mass is 520 g/mol. The van der Waals surface area contributed by atoms with Gasteiger partial charge in [0.25, 0.3) is 11.8 Å². The number of rotatable bonds is 10. The van der Waals surface area contributed by atoms with Crippen molar-refractivity contribution in [1.82, 2.24) is 23.1 Å². The maximum atomic E-state index is 13.2. The van der Waals surface area contributed by atoms with E-state index < -0.39 is 22.0 Å². The van der Waals surface area contributed by atoms with Crippen LogP contribution in [0.25, 0.3) is 10.9 Å². The summed E-state index contributed by atoms with van der Waals surface area (Å²) in [4.78, 5) is 34.2. The normalized spacial score (nSPS) is 12.2. The van der Waals surface area contributed by atoms with Gasteiger partial charge < -0.3 is 9.88 Å². The highest BCUT2D eigenvalue weighted by Crippen LogP contribution is 2.24. The van der Waals surface area contributed by atoms with Gasteiger partial charge in [0.05, 0.1) is 11.8 Å². The number of aromatic nitrogens is 3. The number of aryl methyl sites for hydroxylation is 1. The van der Waals surface area contributed by atoms with Crippen LogP contribution in [0.4, 0.5) is 0 Å². The zero-order valence-electron chi connectivity index (χ0n) is 20.6. The first kappa shape index (κ1) is 26.0. The smallest absolute Gasteiger partial charge is 0.307 e. The summed E-state index contributed by atoms with van der Waals surface area (Å²) < 4.78 is 30.1. The second-order valence-corrected chi connectivity index (χ2v) is 10.6. The van der Waals surface area contributed by atoms with Gasteiger partial charge in [-0.1, -0.05) is 36.4 Å². The lowest BCUT2D eigenvalue weighted by atomic mass is 10.1. The van der Waals surface area contributed by atoms with Crippen molar-refractivity contribution in [2.75, 3.05) is 20.6 Å². The third-order valence-corrected chi connectivity index (χ3v) is 7.51. The first-order valence-corrected chi connectivity index (χ1v) is 13.1. The Morgan fingerprint density at radius 2 is 1.78 bits per heavy atom. The summed E-state index contributed by atoms with van der Waals surface area (Å²) in [5, 5.41) is 3.49. The van der Waals surface area contributed by atoms with Crippen molar-refractivity contribution in [2.24, 2.45) is 4.99 Å². The zero-order valence-corrected chi connectivity index (χ0v) is 21.4. The van der Waals surface area contributed by atoms with Crippen LogP contribution in [0.3, 0.4) is 0 Å². The lowest BCUT2D eigenvalue weighted by Crippen LogP contribution is -2.34. The van der Waals surface area contributed by atoms with Gasteiger partial charge in [-0.3, -0.25) is 9.59 Å². The second-order valence-electron chi connectivity index (χ2n) is 8.57. The fourth-order valence-electron chi connectivity index (χ4n) is 3.83. The van der Waals surface area contributed by atoms with Crippen LogP contribution in [-0.2, 0) is 28.0 Å². The molecule has 37 heavy (non-hydrogen) atoms. The number of aliphatic imine (C=N–C) groups is 1. The van der Waals surface area contributed by atoms with E-state index in [1.807, 2.05) is 10.8 Å². The SMILES string of the molecule is CN(C)S(=O)(=O)n1cc(CC(=NC(=O)c2ccccc2)C(=O)NCCCn2ccnc2)c2ccccc21. The number of hydrogen-bond donors (Lipinski definition) is 1. The lowest BCUT2D eigenvalue weighted by Gasteiger charge is -2.13. The predicted octanol–water partition coefficient (Wildman–Crippen LogP) is 2.52. The molecule has 11 heteroatoms. The Morgan fingerprint density at radius 3 is 2.49 bits per heavy atom. The Kier molecular flexibility index (Phi) is 7.95. The molecule has 2 amide bonds. The van der Waals surface area contributed by atoms with E-state index >= 15 is 0 Å². The maximum absolute atomic E-state index is 13.2. The van der Waals surface area contributed by atoms with Gasteiger partial charge in [-0.05, 0) is 30.2 Å². The molecule has 0 atom stereocenters. The lowest BCUT2D eigenvalue weighted by molar-refractivity contribution is -0.114. The van der Waals surface area contributed by atoms with E-state index in [4.69, 9.17) is 0 Å². The van der Waals surface area contributed by atoms with Crippen molar-refractivity contribution in [3.63, 3.8) is 0 Å². The fourth-order valence-corrected chi connectivity index (χ4v) is 4.85. The van der Waals surface area contributed by atoms with Gasteiger partial charge in [0.15, 0.2) is 0 Å². The summed E-state index contributed by atoms with van der Waals surface area (Å²) in [7, 11) is -0.907. The number of hydrogen-bond acceptors (Lipinski definition) is 5. The van der Waals surface area contributed by atoms with Crippen molar-refractivity contribution >= 4 is 38.6 Å². The standard InChI is InChI=1S/C26H28N6O4S/c1-30(2)37(35,36)32-18-21(22-11-6-7-12-24(22)32)17-23(29-25(33)20-9-4-3-5-10-20)26(34)28-13-8-15-31-16-14-27-19-31/h3-7,9-12,14,16,18-19H,8,13,15,17H2,1-2H3,(H,28,34). The minimum Gasteiger partial charge on any atom is -0.351 e. The van der Waals surface area contributed by atoms with Crippen LogP contribution < -0.4 is 5.32 Å². The molecule has 0 aliphatic heterocycles. The average Bonchev–Trinajstić information content (AvgIpc) is 3.55. The number of nitrogens with one attached hydrogen (secondary N) is 1. The molecule has 0 unspecified atom stereocenters. The van der Waals surface area contributed by atoms with E-state index in [1.165, 1.54) is 24.3 Å². The summed E-state index contributed by atoms with van der Waals surface area (Å²) in [6.07, 6.45) is 7.33. The summed E-state index contributed by atoms with van der Waals surface area (Å²) in [6, 6.07) is 15.5. The molecule has 2 aromatic carbocycles. The molecule has 0 fully saturated rings. The second kappa shape index (κ2) is 11.3. The Hall–Kier alpha value is -4.09. The van der Waals surface area contributed by atoms with Gasteiger partial charge in [0, 0.05) is 63.1 Å². The van der Waals surface area contributed by atoms with Crippen LogP contribution in [0.2, 0.25) is 0 Å². The Morgan fingerprint density at radius 1 is 1.05 bits per heavy atom. The van der Waals surface area contributed by atoms with E-state index in [1.54, 1.807) is 67.1 Å². The van der Waals surface area contributed by atoms with Gasteiger partial charge in [0.1, 0.15) is 5.71 Å². The highest BCUT2D eigenvalue weighted by atomic mass is 32.2. The van der Waals surface area contributed by atoms with Gasteiger partial charge >= 0.3 is 10.2 Å². The number of nitrogens with zero attached hydrogens (tertiary/aromatic N) is 5. The molecule has 0 saturated heterocycles. The summed E-state index contributed by atoms with van der Waals surface area (Å²) in [5.74, 6) is -1.03. The third-order valence-electron chi connectivity index (χ3n) is 5.79. The first-order chi connectivity index (χ1) is 17.8. The molecule has 4 aromatic rings. The van der Waals surface area contributed by atoms with Crippen molar-refractivity contribution in [3.8, 4) is 0 Å². The number of carbonyl (C=O) groups is 2. The van der Waals surface area contributed by atoms with Crippen molar-refractivity contribution in [3.05, 3.63) is 90.6 Å². The molecule has 2 heterocycles. The van der Waals surface area contributed by atoms with E-state index in [-0.39, 0.29) is 12.1 Å². The third kappa shape index (κ3) is 6.01. The molecule has 10 nitrogen and oxygen atoms in total. The van der Waals surface area contributed by atoms with Crippen LogP contribution in [-0.4, -0.2) is 64.4 Å². The minimum absolute atomic E-state index is 0.00152. The first-order valence-electron chi connectivity index (χ1n) is 11.7. The Labute approximate surface area is 215 Å². The quantitative estimate of drug-likeness (QED) is 0.255. The summed E-state index contributed by atoms with van der Waals surface area (Å²) >= 11 is 0. The van der Waals surface area contributed by atoms with Crippen LogP contribution in [0.1, 0.15) is 22.3 Å². The number of benzene rings is 2. The maximum Gasteiger partial charge on any atom is 0.307 e. The number of carbonyl (C=O) groups excluding carboxylic acids is 2. The molecular weight excluding hydrogens is 492 g/mol. The van der Waals surface area contributed by atoms with E-state index in [9.17, 15) is 18.0 Å². The molecule has 0 aliphatic rings. The number of amides is 2. The Balaban J connectivity index is 1.64. The zero-order chi connectivity index (χ0) is 26.4. The van der Waals surface area contributed by atoms with Crippen LogP contribution in [0, 0.1) is 0 Å². The summed E-state index contributed by atoms with van der Waals surface area (Å²) in [6.45, 7) is 1.04. The molecular formula is C26H28N6O4S. The highest BCUT2D eigenvalue weighted by molar-refractivity contribution is 7.87. The van der Waals surface area contributed by atoms with Crippen molar-refractivity contribution in [1.29, 1.82) is 0 Å². The predicted molar refractivity (Wildman–Crippen MR) is 142 cm³/mol. The molecule has 0 aliphatic carbocycles. The van der Waals surface area contributed by atoms with Crippen LogP contribution in [0.15, 0.2) is 84.5 Å². The van der Waals surface area contributed by atoms with E-state index in [0.717, 1.165) is 4.31 Å². The van der Waals surface area contributed by atoms with Crippen molar-refractivity contribution < 1.29 is 18.0 Å². The largest absolute Gasteiger partial charge is 0.351 e. The summed E-state index contributed by atoms with van der Waals surface area (Å²) in [5.41, 5.74) is 1.39.